The Bertz CT molecular complexity index is 1490. The van der Waals surface area contributed by atoms with Gasteiger partial charge in [0.2, 0.25) is 0 Å². The summed E-state index contributed by atoms with van der Waals surface area (Å²) in [7, 11) is 0. The van der Waals surface area contributed by atoms with Crippen molar-refractivity contribution < 1.29 is 18.7 Å². The largest absolute Gasteiger partial charge is 0.423 e. The Kier molecular flexibility index (Phi) is 7.32. The molecule has 0 bridgehead atoms. The molecule has 6 rings (SSSR count). The summed E-state index contributed by atoms with van der Waals surface area (Å²) < 4.78 is 17.1. The third kappa shape index (κ3) is 5.54. The molecule has 0 radical (unpaired) electrons. The number of ether oxygens (including phenoxy) is 2. The Morgan fingerprint density at radius 1 is 0.897 bits per heavy atom. The fourth-order valence-electron chi connectivity index (χ4n) is 5.31. The van der Waals surface area contributed by atoms with Crippen LogP contribution in [0.15, 0.2) is 59.0 Å². The summed E-state index contributed by atoms with van der Waals surface area (Å²) in [5, 5.41) is 3.34. The monoisotopic (exact) mass is 526 g/mol. The molecule has 0 atom stereocenters. The number of morpholine rings is 2. The number of hydrogen-bond acceptors (Lipinski definition) is 7. The third-order valence-electron chi connectivity index (χ3n) is 7.57. The van der Waals surface area contributed by atoms with Crippen LogP contribution >= 0.6 is 0 Å². The summed E-state index contributed by atoms with van der Waals surface area (Å²) >= 11 is 0. The zero-order valence-corrected chi connectivity index (χ0v) is 22.5. The maximum atomic E-state index is 13.0. The first-order valence-electron chi connectivity index (χ1n) is 13.6. The summed E-state index contributed by atoms with van der Waals surface area (Å²) in [4.78, 5) is 22.0. The van der Waals surface area contributed by atoms with Gasteiger partial charge in [-0.1, -0.05) is 30.3 Å². The molecule has 8 nitrogen and oxygen atoms in total. The number of fused-ring (bicyclic) bond motifs is 1. The number of carbonyl (C=O) groups excluding carboxylic acids is 1. The van der Waals surface area contributed by atoms with Gasteiger partial charge in [0.15, 0.2) is 5.58 Å². The highest BCUT2D eigenvalue weighted by molar-refractivity contribution is 5.97. The number of hydrogen-bond donors (Lipinski definition) is 1. The first kappa shape index (κ1) is 25.6. The van der Waals surface area contributed by atoms with Gasteiger partial charge in [0.05, 0.1) is 26.4 Å². The molecule has 4 aromatic rings. The van der Waals surface area contributed by atoms with E-state index in [2.05, 4.69) is 41.4 Å². The van der Waals surface area contributed by atoms with Crippen molar-refractivity contribution >= 4 is 28.7 Å². The molecule has 2 fully saturated rings. The van der Waals surface area contributed by atoms with E-state index in [1.807, 2.05) is 42.2 Å². The molecule has 0 spiro atoms. The first-order chi connectivity index (χ1) is 19.0. The van der Waals surface area contributed by atoms with E-state index in [4.69, 9.17) is 18.9 Å². The smallest absolute Gasteiger partial charge is 0.300 e. The van der Waals surface area contributed by atoms with Crippen molar-refractivity contribution in [1.29, 1.82) is 0 Å². The van der Waals surface area contributed by atoms with Crippen LogP contribution in [0.1, 0.15) is 27.0 Å². The van der Waals surface area contributed by atoms with Crippen molar-refractivity contribution in [3.63, 3.8) is 0 Å². The van der Waals surface area contributed by atoms with E-state index in [1.54, 1.807) is 0 Å². The summed E-state index contributed by atoms with van der Waals surface area (Å²) in [6, 6.07) is 18.8. The number of amides is 1. The van der Waals surface area contributed by atoms with Crippen LogP contribution in [0, 0.1) is 13.8 Å². The SMILES string of the molecule is Cc1cc(Nc2nc3cccc(-c4ccc(C(=O)N5CCOCC5)c(C)c4)c3o2)ccc1CN1CCOCC1. The molecule has 2 aliphatic heterocycles. The normalized spacial score (nSPS) is 16.5. The lowest BCUT2D eigenvalue weighted by Gasteiger charge is -2.27. The van der Waals surface area contributed by atoms with Crippen molar-refractivity contribution in [2.75, 3.05) is 57.9 Å². The van der Waals surface area contributed by atoms with Crippen molar-refractivity contribution in [2.45, 2.75) is 20.4 Å². The molecule has 1 aromatic heterocycles. The number of benzene rings is 3. The molecule has 8 heteroatoms. The molecule has 3 heterocycles. The molecule has 0 unspecified atom stereocenters. The van der Waals surface area contributed by atoms with Gasteiger partial charge in [-0.05, 0) is 60.4 Å². The van der Waals surface area contributed by atoms with Gasteiger partial charge in [0.1, 0.15) is 5.52 Å². The fraction of sp³-hybridized carbons (Fsp3) is 0.355. The first-order valence-corrected chi connectivity index (χ1v) is 13.6. The van der Waals surface area contributed by atoms with Gasteiger partial charge in [-0.15, -0.1) is 0 Å². The van der Waals surface area contributed by atoms with Crippen molar-refractivity contribution in [1.82, 2.24) is 14.8 Å². The maximum Gasteiger partial charge on any atom is 0.300 e. The van der Waals surface area contributed by atoms with Gasteiger partial charge < -0.3 is 24.1 Å². The Morgan fingerprint density at radius 3 is 2.41 bits per heavy atom. The molecule has 39 heavy (non-hydrogen) atoms. The summed E-state index contributed by atoms with van der Waals surface area (Å²) in [5.74, 6) is 0.0537. The lowest BCUT2D eigenvalue weighted by atomic mass is 9.98. The van der Waals surface area contributed by atoms with Gasteiger partial charge in [-0.3, -0.25) is 9.69 Å². The number of oxazole rings is 1. The van der Waals surface area contributed by atoms with Crippen LogP contribution in [0.4, 0.5) is 11.7 Å². The van der Waals surface area contributed by atoms with Crippen LogP contribution in [-0.4, -0.2) is 73.3 Å². The van der Waals surface area contributed by atoms with Gasteiger partial charge in [-0.2, -0.15) is 4.98 Å². The Morgan fingerprint density at radius 2 is 1.67 bits per heavy atom. The van der Waals surface area contributed by atoms with Crippen molar-refractivity contribution in [3.8, 4) is 11.1 Å². The molecule has 2 saturated heterocycles. The highest BCUT2D eigenvalue weighted by Gasteiger charge is 2.21. The Labute approximate surface area is 228 Å². The minimum atomic E-state index is 0.0537. The number of aryl methyl sites for hydroxylation is 2. The van der Waals surface area contributed by atoms with Crippen molar-refractivity contribution in [3.05, 3.63) is 76.9 Å². The standard InChI is InChI=1S/C31H34N4O4/c1-21-19-25(8-6-24(21)20-34-10-14-37-15-11-34)32-31-33-28-5-3-4-27(29(28)39-31)23-7-9-26(22(2)18-23)30(36)35-12-16-38-17-13-35/h3-9,18-19H,10-17,20H2,1-2H3,(H,32,33). The predicted octanol–water partition coefficient (Wildman–Crippen LogP) is 5.16. The van der Waals surface area contributed by atoms with Gasteiger partial charge >= 0.3 is 0 Å². The van der Waals surface area contributed by atoms with Crippen LogP contribution in [-0.2, 0) is 16.0 Å². The Balaban J connectivity index is 1.21. The summed E-state index contributed by atoms with van der Waals surface area (Å²) in [6.45, 7) is 11.0. The van der Waals surface area contributed by atoms with Gasteiger partial charge in [0.25, 0.3) is 11.9 Å². The van der Waals surface area contributed by atoms with E-state index >= 15 is 0 Å². The van der Waals surface area contributed by atoms with Crippen molar-refractivity contribution in [2.24, 2.45) is 0 Å². The van der Waals surface area contributed by atoms with Crippen LogP contribution in [0.25, 0.3) is 22.2 Å². The highest BCUT2D eigenvalue weighted by atomic mass is 16.5. The van der Waals surface area contributed by atoms with E-state index in [-0.39, 0.29) is 5.91 Å². The van der Waals surface area contributed by atoms with E-state index in [0.29, 0.717) is 37.9 Å². The topological polar surface area (TPSA) is 80.1 Å². The second-order valence-electron chi connectivity index (χ2n) is 10.3. The third-order valence-corrected chi connectivity index (χ3v) is 7.57. The molecule has 1 N–H and O–H groups in total. The number of anilines is 2. The molecule has 1 amide bonds. The molecular weight excluding hydrogens is 492 g/mol. The number of carbonyl (C=O) groups is 1. The van der Waals surface area contributed by atoms with E-state index in [9.17, 15) is 4.79 Å². The predicted molar refractivity (Wildman–Crippen MR) is 151 cm³/mol. The average molecular weight is 527 g/mol. The Hall–Kier alpha value is -3.72. The fourth-order valence-corrected chi connectivity index (χ4v) is 5.31. The van der Waals surface area contributed by atoms with Crippen LogP contribution in [0.5, 0.6) is 0 Å². The van der Waals surface area contributed by atoms with Crippen LogP contribution in [0.2, 0.25) is 0 Å². The number of rotatable bonds is 6. The van der Waals surface area contributed by atoms with Crippen LogP contribution < -0.4 is 5.32 Å². The minimum Gasteiger partial charge on any atom is -0.423 e. The van der Waals surface area contributed by atoms with E-state index in [1.165, 1.54) is 11.1 Å². The molecule has 202 valence electrons. The zero-order valence-electron chi connectivity index (χ0n) is 22.5. The summed E-state index contributed by atoms with van der Waals surface area (Å²) in [5.41, 5.74) is 8.56. The number of aromatic nitrogens is 1. The molecule has 2 aliphatic rings. The lowest BCUT2D eigenvalue weighted by Crippen LogP contribution is -2.40. The quantitative estimate of drug-likeness (QED) is 0.372. The number of para-hydroxylation sites is 1. The second kappa shape index (κ2) is 11.2. The second-order valence-corrected chi connectivity index (χ2v) is 10.3. The number of nitrogens with one attached hydrogen (secondary N) is 1. The number of nitrogens with zero attached hydrogens (tertiary/aromatic N) is 3. The molecule has 0 saturated carbocycles. The lowest BCUT2D eigenvalue weighted by molar-refractivity contribution is 0.0302. The zero-order chi connectivity index (χ0) is 26.8. The summed E-state index contributed by atoms with van der Waals surface area (Å²) in [6.07, 6.45) is 0. The van der Waals surface area contributed by atoms with E-state index in [0.717, 1.165) is 66.3 Å². The molecule has 0 aliphatic carbocycles. The maximum absolute atomic E-state index is 13.0. The van der Waals surface area contributed by atoms with E-state index < -0.39 is 0 Å². The average Bonchev–Trinajstić information content (AvgIpc) is 3.38. The molecule has 3 aromatic carbocycles. The highest BCUT2D eigenvalue weighted by Crippen LogP contribution is 2.33. The van der Waals surface area contributed by atoms with Gasteiger partial charge in [-0.25, -0.2) is 0 Å². The minimum absolute atomic E-state index is 0.0537. The molecular formula is C31H34N4O4. The van der Waals surface area contributed by atoms with Gasteiger partial charge in [0, 0.05) is 49.5 Å². The van der Waals surface area contributed by atoms with Crippen LogP contribution in [0.3, 0.4) is 0 Å².